The molecule has 2 aromatic heterocycles. The van der Waals surface area contributed by atoms with Crippen molar-refractivity contribution in [2.24, 2.45) is 0 Å². The molecule has 0 radical (unpaired) electrons. The molecule has 4 rings (SSSR count). The van der Waals surface area contributed by atoms with E-state index in [9.17, 15) is 9.18 Å². The minimum Gasteiger partial charge on any atom is -0.345 e. The molecule has 29 heavy (non-hydrogen) atoms. The number of halogens is 1. The van der Waals surface area contributed by atoms with E-state index in [1.165, 1.54) is 18.3 Å². The Morgan fingerprint density at radius 3 is 2.41 bits per heavy atom. The van der Waals surface area contributed by atoms with E-state index >= 15 is 0 Å². The van der Waals surface area contributed by atoms with Crippen LogP contribution in [-0.4, -0.2) is 30.7 Å². The standard InChI is InChI=1S/C21H19FN6O/c1-14(16-3-7-18(8-4-16)27-12-11-23-26-27)25-21(29)20-13-24-28(15(20)2)19-9-5-17(22)6-10-19/h3-14H,1-2H3,(H,25,29)/t14-/m1/s1. The number of nitrogens with zero attached hydrogens (tertiary/aromatic N) is 5. The maximum absolute atomic E-state index is 13.1. The van der Waals surface area contributed by atoms with Gasteiger partial charge in [-0.1, -0.05) is 17.3 Å². The molecule has 0 saturated carbocycles. The summed E-state index contributed by atoms with van der Waals surface area (Å²) in [6, 6.07) is 13.5. The van der Waals surface area contributed by atoms with Gasteiger partial charge in [-0.2, -0.15) is 5.10 Å². The zero-order valence-corrected chi connectivity index (χ0v) is 16.0. The van der Waals surface area contributed by atoms with E-state index in [2.05, 4.69) is 20.7 Å². The van der Waals surface area contributed by atoms with E-state index in [1.807, 2.05) is 38.1 Å². The monoisotopic (exact) mass is 390 g/mol. The second-order valence-corrected chi connectivity index (χ2v) is 6.67. The first-order valence-electron chi connectivity index (χ1n) is 9.11. The van der Waals surface area contributed by atoms with Crippen molar-refractivity contribution in [3.8, 4) is 11.4 Å². The highest BCUT2D eigenvalue weighted by Gasteiger charge is 2.18. The Hall–Kier alpha value is -3.81. The highest BCUT2D eigenvalue weighted by Crippen LogP contribution is 2.18. The van der Waals surface area contributed by atoms with Crippen molar-refractivity contribution < 1.29 is 9.18 Å². The van der Waals surface area contributed by atoms with Gasteiger partial charge in [0, 0.05) is 0 Å². The summed E-state index contributed by atoms with van der Waals surface area (Å²) >= 11 is 0. The third kappa shape index (κ3) is 3.77. The van der Waals surface area contributed by atoms with Crippen LogP contribution in [0, 0.1) is 12.7 Å². The lowest BCUT2D eigenvalue weighted by Crippen LogP contribution is -2.27. The van der Waals surface area contributed by atoms with E-state index in [1.54, 1.807) is 33.9 Å². The van der Waals surface area contributed by atoms with E-state index in [0.29, 0.717) is 16.9 Å². The number of carbonyl (C=O) groups is 1. The summed E-state index contributed by atoms with van der Waals surface area (Å²) in [5.74, 6) is -0.538. The summed E-state index contributed by atoms with van der Waals surface area (Å²) in [6.45, 7) is 3.73. The second kappa shape index (κ2) is 7.67. The van der Waals surface area contributed by atoms with Gasteiger partial charge in [0.15, 0.2) is 0 Å². The Bertz CT molecular complexity index is 1120. The van der Waals surface area contributed by atoms with Crippen LogP contribution in [0.25, 0.3) is 11.4 Å². The molecule has 0 unspecified atom stereocenters. The first kappa shape index (κ1) is 18.5. The summed E-state index contributed by atoms with van der Waals surface area (Å²) in [7, 11) is 0. The van der Waals surface area contributed by atoms with Gasteiger partial charge in [0.1, 0.15) is 5.82 Å². The minimum absolute atomic E-state index is 0.194. The van der Waals surface area contributed by atoms with Gasteiger partial charge in [0.2, 0.25) is 0 Å². The van der Waals surface area contributed by atoms with Gasteiger partial charge in [-0.3, -0.25) is 4.79 Å². The summed E-state index contributed by atoms with van der Waals surface area (Å²) in [4.78, 5) is 12.8. The molecular weight excluding hydrogens is 371 g/mol. The summed E-state index contributed by atoms with van der Waals surface area (Å²) in [5, 5.41) is 15.0. The number of nitrogens with one attached hydrogen (secondary N) is 1. The average molecular weight is 390 g/mol. The maximum atomic E-state index is 13.1. The molecule has 0 fully saturated rings. The van der Waals surface area contributed by atoms with E-state index in [0.717, 1.165) is 11.3 Å². The fourth-order valence-electron chi connectivity index (χ4n) is 3.09. The Labute approximate surface area is 166 Å². The first-order chi connectivity index (χ1) is 14.0. The van der Waals surface area contributed by atoms with Gasteiger partial charge < -0.3 is 5.32 Å². The molecule has 0 aliphatic rings. The highest BCUT2D eigenvalue weighted by atomic mass is 19.1. The molecule has 1 N–H and O–H groups in total. The summed E-state index contributed by atoms with van der Waals surface area (Å²) in [5.41, 5.74) is 3.70. The topological polar surface area (TPSA) is 77.6 Å². The summed E-state index contributed by atoms with van der Waals surface area (Å²) in [6.07, 6.45) is 4.90. The normalized spacial score (nSPS) is 12.0. The van der Waals surface area contributed by atoms with Crippen molar-refractivity contribution in [3.63, 3.8) is 0 Å². The van der Waals surface area contributed by atoms with Crippen LogP contribution in [0.2, 0.25) is 0 Å². The van der Waals surface area contributed by atoms with Crippen LogP contribution in [0.1, 0.15) is 34.6 Å². The number of carbonyl (C=O) groups excluding carboxylic acids is 1. The fraction of sp³-hybridized carbons (Fsp3) is 0.143. The zero-order chi connectivity index (χ0) is 20.4. The quantitative estimate of drug-likeness (QED) is 0.567. The number of benzene rings is 2. The molecule has 0 aliphatic heterocycles. The number of aromatic nitrogens is 5. The molecule has 1 amide bonds. The first-order valence-corrected chi connectivity index (χ1v) is 9.11. The Morgan fingerprint density at radius 1 is 1.07 bits per heavy atom. The van der Waals surface area contributed by atoms with E-state index in [-0.39, 0.29) is 17.8 Å². The maximum Gasteiger partial charge on any atom is 0.255 e. The number of hydrogen-bond donors (Lipinski definition) is 1. The molecule has 0 saturated heterocycles. The van der Waals surface area contributed by atoms with Gasteiger partial charge in [-0.25, -0.2) is 13.8 Å². The van der Waals surface area contributed by atoms with Crippen molar-refractivity contribution in [2.75, 3.05) is 0 Å². The fourth-order valence-corrected chi connectivity index (χ4v) is 3.09. The molecule has 1 atom stereocenters. The van der Waals surface area contributed by atoms with Gasteiger partial charge in [-0.05, 0) is 55.8 Å². The molecule has 8 heteroatoms. The second-order valence-electron chi connectivity index (χ2n) is 6.67. The van der Waals surface area contributed by atoms with Gasteiger partial charge >= 0.3 is 0 Å². The van der Waals surface area contributed by atoms with Crippen LogP contribution in [-0.2, 0) is 0 Å². The SMILES string of the molecule is Cc1c(C(=O)N[C@H](C)c2ccc(-n3ccnn3)cc2)cnn1-c1ccc(F)cc1. The van der Waals surface area contributed by atoms with Gasteiger partial charge in [0.25, 0.3) is 5.91 Å². The molecule has 0 spiro atoms. The molecule has 2 aromatic carbocycles. The van der Waals surface area contributed by atoms with Crippen LogP contribution < -0.4 is 5.32 Å². The van der Waals surface area contributed by atoms with Crippen LogP contribution in [0.4, 0.5) is 4.39 Å². The van der Waals surface area contributed by atoms with Crippen molar-refractivity contribution in [1.82, 2.24) is 30.1 Å². The lowest BCUT2D eigenvalue weighted by molar-refractivity contribution is 0.0939. The van der Waals surface area contributed by atoms with Crippen molar-refractivity contribution in [3.05, 3.63) is 89.8 Å². The van der Waals surface area contributed by atoms with Crippen LogP contribution >= 0.6 is 0 Å². The van der Waals surface area contributed by atoms with Crippen LogP contribution in [0.5, 0.6) is 0 Å². The van der Waals surface area contributed by atoms with Crippen molar-refractivity contribution in [2.45, 2.75) is 19.9 Å². The smallest absolute Gasteiger partial charge is 0.255 e. The molecule has 2 heterocycles. The van der Waals surface area contributed by atoms with E-state index < -0.39 is 0 Å². The minimum atomic E-state index is -0.319. The third-order valence-electron chi connectivity index (χ3n) is 4.75. The van der Waals surface area contributed by atoms with E-state index in [4.69, 9.17) is 0 Å². The summed E-state index contributed by atoms with van der Waals surface area (Å²) < 4.78 is 16.4. The largest absolute Gasteiger partial charge is 0.345 e. The lowest BCUT2D eigenvalue weighted by atomic mass is 10.1. The lowest BCUT2D eigenvalue weighted by Gasteiger charge is -2.15. The third-order valence-corrected chi connectivity index (χ3v) is 4.75. The van der Waals surface area contributed by atoms with Gasteiger partial charge in [-0.15, -0.1) is 5.10 Å². The molecule has 0 bridgehead atoms. The molecular formula is C21H19FN6O. The Balaban J connectivity index is 1.48. The van der Waals surface area contributed by atoms with Gasteiger partial charge in [0.05, 0.1) is 47.3 Å². The van der Waals surface area contributed by atoms with Crippen LogP contribution in [0.3, 0.4) is 0 Å². The Morgan fingerprint density at radius 2 is 1.76 bits per heavy atom. The highest BCUT2D eigenvalue weighted by molar-refractivity contribution is 5.95. The van der Waals surface area contributed by atoms with Crippen LogP contribution in [0.15, 0.2) is 67.1 Å². The Kier molecular flexibility index (Phi) is 4.90. The number of amides is 1. The molecule has 7 nitrogen and oxygen atoms in total. The predicted molar refractivity (Wildman–Crippen MR) is 105 cm³/mol. The zero-order valence-electron chi connectivity index (χ0n) is 16.0. The molecule has 146 valence electrons. The number of rotatable bonds is 5. The predicted octanol–water partition coefficient (Wildman–Crippen LogP) is 3.39. The molecule has 4 aromatic rings. The van der Waals surface area contributed by atoms with Crippen molar-refractivity contribution >= 4 is 5.91 Å². The average Bonchev–Trinajstić information content (AvgIpc) is 3.39. The van der Waals surface area contributed by atoms with Crippen molar-refractivity contribution in [1.29, 1.82) is 0 Å². The molecule has 0 aliphatic carbocycles. The number of hydrogen-bond acceptors (Lipinski definition) is 4.